The van der Waals surface area contributed by atoms with Crippen LogP contribution in [0, 0.1) is 0 Å². The van der Waals surface area contributed by atoms with E-state index in [2.05, 4.69) is 6.58 Å². The molecule has 2 nitrogen and oxygen atoms in total. The van der Waals surface area contributed by atoms with E-state index in [1.165, 1.54) is 0 Å². The molecule has 0 bridgehead atoms. The second-order valence-electron chi connectivity index (χ2n) is 4.51. The molecule has 0 aromatic heterocycles. The van der Waals surface area contributed by atoms with Crippen LogP contribution >= 0.6 is 11.6 Å². The molecule has 0 radical (unpaired) electrons. The van der Waals surface area contributed by atoms with Crippen LogP contribution in [0.4, 0.5) is 0 Å². The van der Waals surface area contributed by atoms with Crippen molar-refractivity contribution in [3.8, 4) is 5.75 Å². The Morgan fingerprint density at radius 3 is 2.90 bits per heavy atom. The molecular formula is C16H13ClO2S. The zero-order valence-electron chi connectivity index (χ0n) is 10.8. The molecule has 2 aromatic rings. The molecule has 1 unspecified atom stereocenters. The highest BCUT2D eigenvalue weighted by Crippen LogP contribution is 2.40. The van der Waals surface area contributed by atoms with E-state index >= 15 is 0 Å². The minimum atomic E-state index is -1.26. The average Bonchev–Trinajstić information content (AvgIpc) is 2.47. The monoisotopic (exact) mass is 304 g/mol. The van der Waals surface area contributed by atoms with E-state index in [1.807, 2.05) is 24.3 Å². The van der Waals surface area contributed by atoms with Gasteiger partial charge in [-0.3, -0.25) is 0 Å². The molecule has 4 heteroatoms. The van der Waals surface area contributed by atoms with E-state index < -0.39 is 10.8 Å². The van der Waals surface area contributed by atoms with Crippen molar-refractivity contribution in [2.75, 3.05) is 6.61 Å². The van der Waals surface area contributed by atoms with Crippen LogP contribution in [0.25, 0.3) is 0 Å². The highest BCUT2D eigenvalue weighted by atomic mass is 35.5. The van der Waals surface area contributed by atoms with Gasteiger partial charge in [0.2, 0.25) is 0 Å². The van der Waals surface area contributed by atoms with Gasteiger partial charge in [0.05, 0.1) is 15.7 Å². The van der Waals surface area contributed by atoms with E-state index in [4.69, 9.17) is 16.3 Å². The van der Waals surface area contributed by atoms with Crippen molar-refractivity contribution in [2.24, 2.45) is 0 Å². The van der Waals surface area contributed by atoms with Gasteiger partial charge in [0, 0.05) is 16.3 Å². The first-order chi connectivity index (χ1) is 9.72. The number of benzene rings is 2. The Morgan fingerprint density at radius 2 is 2.10 bits per heavy atom. The molecule has 0 aliphatic carbocycles. The average molecular weight is 305 g/mol. The van der Waals surface area contributed by atoms with Gasteiger partial charge in [0.25, 0.3) is 0 Å². The Morgan fingerprint density at radius 1 is 1.30 bits per heavy atom. The minimum Gasteiger partial charge on any atom is -0.488 e. The van der Waals surface area contributed by atoms with Crippen molar-refractivity contribution in [1.82, 2.24) is 0 Å². The van der Waals surface area contributed by atoms with Crippen LogP contribution in [-0.4, -0.2) is 10.8 Å². The fourth-order valence-electron chi connectivity index (χ4n) is 2.34. The van der Waals surface area contributed by atoms with Crippen LogP contribution in [0.3, 0.4) is 0 Å². The maximum absolute atomic E-state index is 12.8. The van der Waals surface area contributed by atoms with E-state index in [9.17, 15) is 4.21 Å². The summed E-state index contributed by atoms with van der Waals surface area (Å²) in [6.07, 6.45) is 2.35. The van der Waals surface area contributed by atoms with Gasteiger partial charge in [-0.25, -0.2) is 4.21 Å². The highest BCUT2D eigenvalue weighted by Gasteiger charge is 2.27. The van der Waals surface area contributed by atoms with Gasteiger partial charge in [-0.05, 0) is 29.3 Å². The van der Waals surface area contributed by atoms with Crippen LogP contribution in [0.5, 0.6) is 5.75 Å². The molecule has 102 valence electrons. The molecule has 1 aliphatic heterocycles. The molecule has 20 heavy (non-hydrogen) atoms. The number of ether oxygens (including phenoxy) is 1. The number of fused-ring (bicyclic) bond motifs is 2. The predicted molar refractivity (Wildman–Crippen MR) is 81.1 cm³/mol. The molecule has 1 heterocycles. The van der Waals surface area contributed by atoms with Crippen molar-refractivity contribution in [3.63, 3.8) is 0 Å². The quantitative estimate of drug-likeness (QED) is 0.684. The van der Waals surface area contributed by atoms with Crippen molar-refractivity contribution in [2.45, 2.75) is 16.2 Å². The smallest absolute Gasteiger partial charge is 0.136 e. The second kappa shape index (κ2) is 5.43. The summed E-state index contributed by atoms with van der Waals surface area (Å²) in [4.78, 5) is 1.53. The van der Waals surface area contributed by atoms with Crippen LogP contribution in [-0.2, 0) is 17.2 Å². The Hall–Kier alpha value is -1.58. The van der Waals surface area contributed by atoms with Gasteiger partial charge < -0.3 is 4.74 Å². The van der Waals surface area contributed by atoms with E-state index in [1.54, 1.807) is 18.2 Å². The largest absolute Gasteiger partial charge is 0.488 e. The topological polar surface area (TPSA) is 26.3 Å². The predicted octanol–water partition coefficient (Wildman–Crippen LogP) is 3.98. The molecule has 0 amide bonds. The standard InChI is InChI=1S/C16H13ClO2S/c1-2-9-19-14-8-7-13(17)12-10-11-5-3-4-6-15(11)20(18)16(12)14/h2-8H,1,9-10H2. The Labute approximate surface area is 125 Å². The van der Waals surface area contributed by atoms with Gasteiger partial charge in [-0.1, -0.05) is 42.5 Å². The Balaban J connectivity index is 2.16. The summed E-state index contributed by atoms with van der Waals surface area (Å²) >= 11 is 6.27. The Bertz CT molecular complexity index is 710. The molecule has 0 spiro atoms. The molecule has 0 fully saturated rings. The lowest BCUT2D eigenvalue weighted by atomic mass is 10.0. The summed E-state index contributed by atoms with van der Waals surface area (Å²) in [6.45, 7) is 4.02. The van der Waals surface area contributed by atoms with Gasteiger partial charge in [-0.15, -0.1) is 0 Å². The van der Waals surface area contributed by atoms with Gasteiger partial charge in [0.1, 0.15) is 12.4 Å². The molecule has 2 aromatic carbocycles. The zero-order chi connectivity index (χ0) is 14.1. The fourth-order valence-corrected chi connectivity index (χ4v) is 4.14. The SMILES string of the molecule is C=CCOc1ccc(Cl)c2c1S(=O)c1ccccc1C2. The molecule has 3 rings (SSSR count). The van der Waals surface area contributed by atoms with Crippen molar-refractivity contribution < 1.29 is 8.95 Å². The summed E-state index contributed by atoms with van der Waals surface area (Å²) in [7, 11) is -1.26. The first-order valence-electron chi connectivity index (χ1n) is 6.27. The maximum atomic E-state index is 12.8. The van der Waals surface area contributed by atoms with Gasteiger partial charge >= 0.3 is 0 Å². The number of hydrogen-bond donors (Lipinski definition) is 0. The molecular weight excluding hydrogens is 292 g/mol. The summed E-state index contributed by atoms with van der Waals surface area (Å²) in [6, 6.07) is 11.3. The van der Waals surface area contributed by atoms with E-state index in [0.717, 1.165) is 16.0 Å². The van der Waals surface area contributed by atoms with Gasteiger partial charge in [0.15, 0.2) is 0 Å². The normalized spacial score (nSPS) is 16.1. The summed E-state index contributed by atoms with van der Waals surface area (Å²) in [5.41, 5.74) is 1.95. The van der Waals surface area contributed by atoms with Crippen LogP contribution in [0.15, 0.2) is 58.8 Å². The third kappa shape index (κ3) is 2.17. The lowest BCUT2D eigenvalue weighted by molar-refractivity contribution is 0.353. The molecule has 0 saturated heterocycles. The molecule has 1 atom stereocenters. The summed E-state index contributed by atoms with van der Waals surface area (Å²) in [5, 5.41) is 0.633. The van der Waals surface area contributed by atoms with Crippen molar-refractivity contribution >= 4 is 22.4 Å². The third-order valence-corrected chi connectivity index (χ3v) is 5.22. The number of hydrogen-bond acceptors (Lipinski definition) is 2. The van der Waals surface area contributed by atoms with Crippen molar-refractivity contribution in [3.05, 3.63) is 65.2 Å². The summed E-state index contributed by atoms with van der Waals surface area (Å²) < 4.78 is 18.4. The lowest BCUT2D eigenvalue weighted by Gasteiger charge is -2.22. The first kappa shape index (κ1) is 13.4. The van der Waals surface area contributed by atoms with Gasteiger partial charge in [-0.2, -0.15) is 0 Å². The van der Waals surface area contributed by atoms with Crippen LogP contribution in [0.2, 0.25) is 5.02 Å². The summed E-state index contributed by atoms with van der Waals surface area (Å²) in [5.74, 6) is 0.622. The Kier molecular flexibility index (Phi) is 3.64. The first-order valence-corrected chi connectivity index (χ1v) is 7.80. The van der Waals surface area contributed by atoms with E-state index in [-0.39, 0.29) is 0 Å². The molecule has 0 saturated carbocycles. The molecule has 0 N–H and O–H groups in total. The van der Waals surface area contributed by atoms with Crippen molar-refractivity contribution in [1.29, 1.82) is 0 Å². The lowest BCUT2D eigenvalue weighted by Crippen LogP contribution is -2.12. The molecule has 1 aliphatic rings. The zero-order valence-corrected chi connectivity index (χ0v) is 12.3. The van der Waals surface area contributed by atoms with Crippen LogP contribution < -0.4 is 4.74 Å². The fraction of sp³-hybridized carbons (Fsp3) is 0.125. The third-order valence-electron chi connectivity index (χ3n) is 3.25. The van der Waals surface area contributed by atoms with E-state index in [0.29, 0.717) is 28.7 Å². The van der Waals surface area contributed by atoms with Crippen LogP contribution in [0.1, 0.15) is 11.1 Å². The second-order valence-corrected chi connectivity index (χ2v) is 6.30. The maximum Gasteiger partial charge on any atom is 0.136 e. The number of halogens is 1. The minimum absolute atomic E-state index is 0.382. The number of rotatable bonds is 3. The highest BCUT2D eigenvalue weighted by molar-refractivity contribution is 7.85.